The van der Waals surface area contributed by atoms with Gasteiger partial charge in [-0.2, -0.15) is 5.26 Å². The average Bonchev–Trinajstić information content (AvgIpc) is 3.44. The van der Waals surface area contributed by atoms with Gasteiger partial charge in [0.05, 0.1) is 22.2 Å². The van der Waals surface area contributed by atoms with E-state index in [1.807, 2.05) is 42.5 Å². The third-order valence-corrected chi connectivity index (χ3v) is 9.10. The zero-order valence-corrected chi connectivity index (χ0v) is 24.1. The number of oxazole rings is 1. The van der Waals surface area contributed by atoms with Crippen molar-refractivity contribution in [3.8, 4) is 17.3 Å². The van der Waals surface area contributed by atoms with E-state index in [1.165, 1.54) is 25.7 Å². The van der Waals surface area contributed by atoms with Gasteiger partial charge in [0, 0.05) is 43.6 Å². The molecule has 4 heterocycles. The lowest BCUT2D eigenvalue weighted by atomic mass is 9.78. The second-order valence-electron chi connectivity index (χ2n) is 11.6. The van der Waals surface area contributed by atoms with Crippen molar-refractivity contribution < 1.29 is 9.15 Å². The number of nitrogens with zero attached hydrogens (tertiary/aromatic N) is 4. The van der Waals surface area contributed by atoms with Crippen molar-refractivity contribution in [2.75, 3.05) is 25.1 Å². The molecule has 0 bridgehead atoms. The van der Waals surface area contributed by atoms with Crippen LogP contribution in [0.2, 0.25) is 5.02 Å². The van der Waals surface area contributed by atoms with Gasteiger partial charge in [-0.05, 0) is 80.7 Å². The van der Waals surface area contributed by atoms with E-state index in [4.69, 9.17) is 25.7 Å². The second-order valence-corrected chi connectivity index (χ2v) is 12.0. The third-order valence-electron chi connectivity index (χ3n) is 8.80. The van der Waals surface area contributed by atoms with Crippen LogP contribution in [-0.4, -0.2) is 34.7 Å². The Hall–Kier alpha value is -3.47. The molecule has 4 aromatic rings. The molecule has 0 atom stereocenters. The molecule has 1 aromatic carbocycles. The summed E-state index contributed by atoms with van der Waals surface area (Å²) in [7, 11) is 0. The zero-order chi connectivity index (χ0) is 28.1. The fourth-order valence-corrected chi connectivity index (χ4v) is 6.40. The predicted octanol–water partition coefficient (Wildman–Crippen LogP) is 7.65. The monoisotopic (exact) mass is 569 g/mol. The molecule has 8 heteroatoms. The number of para-hydroxylation sites is 2. The van der Waals surface area contributed by atoms with Gasteiger partial charge in [0.1, 0.15) is 11.3 Å². The van der Waals surface area contributed by atoms with Gasteiger partial charge in [-0.1, -0.05) is 42.6 Å². The molecular weight excluding hydrogens is 534 g/mol. The van der Waals surface area contributed by atoms with Gasteiger partial charge in [-0.3, -0.25) is 4.98 Å². The van der Waals surface area contributed by atoms with Crippen LogP contribution in [0.15, 0.2) is 59.1 Å². The largest absolute Gasteiger partial charge is 0.441 e. The summed E-state index contributed by atoms with van der Waals surface area (Å²) in [5.41, 5.74) is 4.17. The van der Waals surface area contributed by atoms with Crippen molar-refractivity contribution in [2.24, 2.45) is 17.3 Å². The molecule has 3 aromatic heterocycles. The summed E-state index contributed by atoms with van der Waals surface area (Å²) in [6.07, 6.45) is 11.1. The number of nitrogens with one attached hydrogen (secondary N) is 1. The molecular formula is C33H36ClN5O2. The van der Waals surface area contributed by atoms with Crippen LogP contribution in [0.3, 0.4) is 0 Å². The number of halogens is 1. The summed E-state index contributed by atoms with van der Waals surface area (Å²) in [5, 5.41) is 13.8. The van der Waals surface area contributed by atoms with Crippen LogP contribution in [0.4, 0.5) is 5.82 Å². The van der Waals surface area contributed by atoms with Crippen LogP contribution in [0.1, 0.15) is 56.5 Å². The van der Waals surface area contributed by atoms with Gasteiger partial charge in [-0.15, -0.1) is 0 Å². The predicted molar refractivity (Wildman–Crippen MR) is 161 cm³/mol. The number of aromatic nitrogens is 3. The first-order valence-corrected chi connectivity index (χ1v) is 15.2. The molecule has 1 saturated heterocycles. The summed E-state index contributed by atoms with van der Waals surface area (Å²) in [6.45, 7) is 1.80. The molecule has 1 N–H and O–H groups in total. The Morgan fingerprint density at radius 3 is 2.61 bits per heavy atom. The van der Waals surface area contributed by atoms with Crippen LogP contribution in [-0.2, 0) is 17.6 Å². The zero-order valence-electron chi connectivity index (χ0n) is 23.3. The Balaban J connectivity index is 1.03. The SMILES string of the molecule is N#CC1(CNc2cccc(-c3cc(CC4CCC(CCc5nc6ccccc6o5)CC4)ncc3Cl)n2)CCOCC1. The van der Waals surface area contributed by atoms with Gasteiger partial charge in [0.15, 0.2) is 11.5 Å². The maximum atomic E-state index is 9.77. The maximum Gasteiger partial charge on any atom is 0.195 e. The number of hydrogen-bond acceptors (Lipinski definition) is 7. The van der Waals surface area contributed by atoms with Crippen molar-refractivity contribution in [2.45, 2.75) is 57.8 Å². The molecule has 1 aliphatic carbocycles. The van der Waals surface area contributed by atoms with Crippen LogP contribution in [0.25, 0.3) is 22.4 Å². The van der Waals surface area contributed by atoms with Crippen LogP contribution < -0.4 is 5.32 Å². The molecule has 2 aliphatic rings. The third kappa shape index (κ3) is 6.72. The minimum Gasteiger partial charge on any atom is -0.441 e. The minimum atomic E-state index is -0.416. The minimum absolute atomic E-state index is 0.416. The van der Waals surface area contributed by atoms with E-state index >= 15 is 0 Å². The number of ether oxygens (including phenoxy) is 1. The Kier molecular flexibility index (Phi) is 8.50. The quantitative estimate of drug-likeness (QED) is 0.221. The molecule has 0 spiro atoms. The van der Waals surface area contributed by atoms with Crippen LogP contribution in [0.5, 0.6) is 0 Å². The molecule has 6 rings (SSSR count). The van der Waals surface area contributed by atoms with Gasteiger partial charge < -0.3 is 14.5 Å². The number of anilines is 1. The second kappa shape index (κ2) is 12.6. The van der Waals surface area contributed by atoms with Crippen molar-refractivity contribution in [1.29, 1.82) is 5.26 Å². The molecule has 0 amide bonds. The number of aryl methyl sites for hydroxylation is 1. The summed E-state index contributed by atoms with van der Waals surface area (Å²) in [5.74, 6) is 2.94. The Morgan fingerprint density at radius 2 is 1.80 bits per heavy atom. The summed E-state index contributed by atoms with van der Waals surface area (Å²) < 4.78 is 11.4. The Labute approximate surface area is 246 Å². The highest BCUT2D eigenvalue weighted by Crippen LogP contribution is 2.35. The number of pyridine rings is 2. The highest BCUT2D eigenvalue weighted by atomic mass is 35.5. The van der Waals surface area contributed by atoms with Gasteiger partial charge >= 0.3 is 0 Å². The summed E-state index contributed by atoms with van der Waals surface area (Å²) >= 11 is 6.61. The topological polar surface area (TPSA) is 96.9 Å². The number of rotatable bonds is 9. The fourth-order valence-electron chi connectivity index (χ4n) is 6.20. The van der Waals surface area contributed by atoms with E-state index in [0.29, 0.717) is 30.7 Å². The number of hydrogen-bond donors (Lipinski definition) is 1. The first kappa shape index (κ1) is 27.7. The normalized spacial score (nSPS) is 20.5. The van der Waals surface area contributed by atoms with Gasteiger partial charge in [-0.25, -0.2) is 9.97 Å². The van der Waals surface area contributed by atoms with Crippen LogP contribution >= 0.6 is 11.6 Å². The van der Waals surface area contributed by atoms with E-state index in [2.05, 4.69) is 27.4 Å². The fraction of sp³-hybridized carbons (Fsp3) is 0.455. The Bertz CT molecular complexity index is 1480. The smallest absolute Gasteiger partial charge is 0.195 e. The van der Waals surface area contributed by atoms with E-state index in [-0.39, 0.29) is 0 Å². The highest BCUT2D eigenvalue weighted by Gasteiger charge is 2.32. The maximum absolute atomic E-state index is 9.77. The van der Waals surface area contributed by atoms with E-state index in [9.17, 15) is 5.26 Å². The molecule has 0 unspecified atom stereocenters. The van der Waals surface area contributed by atoms with Crippen LogP contribution in [0, 0.1) is 28.6 Å². The molecule has 41 heavy (non-hydrogen) atoms. The van der Waals surface area contributed by atoms with Gasteiger partial charge in [0.25, 0.3) is 0 Å². The summed E-state index contributed by atoms with van der Waals surface area (Å²) in [4.78, 5) is 14.1. The lowest BCUT2D eigenvalue weighted by Crippen LogP contribution is -2.34. The first-order valence-electron chi connectivity index (χ1n) is 14.8. The lowest BCUT2D eigenvalue weighted by Gasteiger charge is -2.30. The summed E-state index contributed by atoms with van der Waals surface area (Å²) in [6, 6.07) is 18.5. The number of nitriles is 1. The molecule has 7 nitrogen and oxygen atoms in total. The van der Waals surface area contributed by atoms with Crippen molar-refractivity contribution >= 4 is 28.5 Å². The number of benzene rings is 1. The average molecular weight is 570 g/mol. The standard InChI is InChI=1S/C33H36ClN5O2/c34-27-20-36-25(18-24-10-8-23(9-11-24)12-13-32-39-29-4-1-2-6-30(29)41-32)19-26(27)28-5-3-7-31(38-28)37-22-33(21-35)14-16-40-17-15-33/h1-7,19-20,23-24H,8-18,22H2,(H,37,38). The Morgan fingerprint density at radius 1 is 1.00 bits per heavy atom. The molecule has 1 saturated carbocycles. The van der Waals surface area contributed by atoms with E-state index in [1.54, 1.807) is 6.20 Å². The molecule has 2 fully saturated rings. The molecule has 1 aliphatic heterocycles. The van der Waals surface area contributed by atoms with Crippen molar-refractivity contribution in [1.82, 2.24) is 15.0 Å². The van der Waals surface area contributed by atoms with Crippen molar-refractivity contribution in [3.05, 3.63) is 71.3 Å². The van der Waals surface area contributed by atoms with Crippen molar-refractivity contribution in [3.63, 3.8) is 0 Å². The lowest BCUT2D eigenvalue weighted by molar-refractivity contribution is 0.0455. The highest BCUT2D eigenvalue weighted by molar-refractivity contribution is 6.33. The first-order chi connectivity index (χ1) is 20.1. The van der Waals surface area contributed by atoms with E-state index < -0.39 is 5.41 Å². The number of fused-ring (bicyclic) bond motifs is 1. The molecule has 212 valence electrons. The molecule has 0 radical (unpaired) electrons. The van der Waals surface area contributed by atoms with E-state index in [0.717, 1.165) is 77.8 Å². The van der Waals surface area contributed by atoms with Gasteiger partial charge in [0.2, 0.25) is 0 Å².